The van der Waals surface area contributed by atoms with E-state index in [1.165, 1.54) is 12.1 Å². The second kappa shape index (κ2) is 7.62. The molecule has 11 heteroatoms. The second-order valence-electron chi connectivity index (χ2n) is 4.80. The molecule has 0 fully saturated rings. The maximum absolute atomic E-state index is 12.3. The smallest absolute Gasteiger partial charge is 0.405 e. The highest BCUT2D eigenvalue weighted by atomic mass is 32.2. The van der Waals surface area contributed by atoms with Crippen LogP contribution in [0.4, 0.5) is 13.2 Å². The number of aliphatic carboxylic acids is 1. The minimum Gasteiger partial charge on any atom is -0.481 e. The van der Waals surface area contributed by atoms with Gasteiger partial charge < -0.3 is 10.4 Å². The Hall–Kier alpha value is -2.14. The van der Waals surface area contributed by atoms with Crippen molar-refractivity contribution in [2.75, 3.05) is 20.1 Å². The first-order valence-electron chi connectivity index (χ1n) is 6.56. The molecule has 0 aliphatic carbocycles. The average Bonchev–Trinajstić information content (AvgIpc) is 2.49. The summed E-state index contributed by atoms with van der Waals surface area (Å²) in [6.07, 6.45) is -5.00. The Morgan fingerprint density at radius 1 is 1.29 bits per heavy atom. The number of hydrogen-bond donors (Lipinski definition) is 2. The van der Waals surface area contributed by atoms with Crippen molar-refractivity contribution in [2.24, 2.45) is 0 Å². The van der Waals surface area contributed by atoms with E-state index in [1.807, 2.05) is 0 Å². The number of alkyl halides is 3. The van der Waals surface area contributed by atoms with E-state index < -0.39 is 41.0 Å². The molecule has 24 heavy (non-hydrogen) atoms. The van der Waals surface area contributed by atoms with Crippen LogP contribution in [0.25, 0.3) is 0 Å². The number of carbonyl (C=O) groups excluding carboxylic acids is 1. The molecule has 1 aromatic rings. The van der Waals surface area contributed by atoms with Crippen molar-refractivity contribution < 1.29 is 36.3 Å². The molecule has 1 aromatic carbocycles. The van der Waals surface area contributed by atoms with Crippen molar-refractivity contribution >= 4 is 21.9 Å². The molecular weight excluding hydrogens is 353 g/mol. The molecule has 0 radical (unpaired) electrons. The SMILES string of the molecule is CN(CCC(=O)O)S(=O)(=O)c1cccc(C(=O)NCC(F)(F)F)c1. The molecule has 0 heterocycles. The van der Waals surface area contributed by atoms with Crippen LogP contribution in [0.15, 0.2) is 29.2 Å². The van der Waals surface area contributed by atoms with Gasteiger partial charge in [0.15, 0.2) is 0 Å². The Bertz CT molecular complexity index is 719. The van der Waals surface area contributed by atoms with Crippen molar-refractivity contribution in [3.05, 3.63) is 29.8 Å². The lowest BCUT2D eigenvalue weighted by Crippen LogP contribution is -2.34. The zero-order chi connectivity index (χ0) is 18.5. The lowest BCUT2D eigenvalue weighted by molar-refractivity contribution is -0.137. The summed E-state index contributed by atoms with van der Waals surface area (Å²) in [4.78, 5) is 21.8. The largest absolute Gasteiger partial charge is 0.481 e. The van der Waals surface area contributed by atoms with Gasteiger partial charge in [0.05, 0.1) is 11.3 Å². The van der Waals surface area contributed by atoms with Gasteiger partial charge in [-0.3, -0.25) is 9.59 Å². The Morgan fingerprint density at radius 3 is 2.46 bits per heavy atom. The fraction of sp³-hybridized carbons (Fsp3) is 0.385. The van der Waals surface area contributed by atoms with Gasteiger partial charge in [0, 0.05) is 19.2 Å². The number of nitrogens with zero attached hydrogens (tertiary/aromatic N) is 1. The summed E-state index contributed by atoms with van der Waals surface area (Å²) < 4.78 is 61.6. The van der Waals surface area contributed by atoms with Gasteiger partial charge in [-0.1, -0.05) is 6.07 Å². The fourth-order valence-electron chi connectivity index (χ4n) is 1.63. The quantitative estimate of drug-likeness (QED) is 0.749. The first-order valence-corrected chi connectivity index (χ1v) is 8.00. The van der Waals surface area contributed by atoms with Crippen LogP contribution < -0.4 is 5.32 Å². The molecule has 134 valence electrons. The van der Waals surface area contributed by atoms with Gasteiger partial charge in [0.1, 0.15) is 6.54 Å². The van der Waals surface area contributed by atoms with Crippen LogP contribution in [0.3, 0.4) is 0 Å². The summed E-state index contributed by atoms with van der Waals surface area (Å²) in [6, 6.07) is 4.47. The monoisotopic (exact) mass is 368 g/mol. The maximum atomic E-state index is 12.3. The number of hydrogen-bond acceptors (Lipinski definition) is 4. The third-order valence-electron chi connectivity index (χ3n) is 2.89. The minimum absolute atomic E-state index is 0.257. The van der Waals surface area contributed by atoms with E-state index in [0.717, 1.165) is 23.5 Å². The zero-order valence-electron chi connectivity index (χ0n) is 12.5. The number of halogens is 3. The van der Waals surface area contributed by atoms with Crippen molar-refractivity contribution in [3.8, 4) is 0 Å². The molecule has 7 nitrogen and oxygen atoms in total. The summed E-state index contributed by atoms with van der Waals surface area (Å²) in [7, 11) is -2.90. The number of amides is 1. The van der Waals surface area contributed by atoms with Gasteiger partial charge in [-0.15, -0.1) is 0 Å². The fourth-order valence-corrected chi connectivity index (χ4v) is 2.85. The molecule has 0 bridgehead atoms. The molecule has 0 aliphatic heterocycles. The van der Waals surface area contributed by atoms with Crippen LogP contribution >= 0.6 is 0 Å². The Balaban J connectivity index is 2.94. The molecule has 0 atom stereocenters. The average molecular weight is 368 g/mol. The lowest BCUT2D eigenvalue weighted by Gasteiger charge is -2.16. The number of rotatable bonds is 7. The van der Waals surface area contributed by atoms with E-state index in [-0.39, 0.29) is 17.0 Å². The van der Waals surface area contributed by atoms with Gasteiger partial charge in [-0.2, -0.15) is 13.2 Å². The minimum atomic E-state index is -4.59. The first-order chi connectivity index (χ1) is 10.9. The summed E-state index contributed by atoms with van der Waals surface area (Å²) >= 11 is 0. The zero-order valence-corrected chi connectivity index (χ0v) is 13.3. The molecule has 0 saturated carbocycles. The Labute approximate surface area is 136 Å². The van der Waals surface area contributed by atoms with Crippen molar-refractivity contribution in [2.45, 2.75) is 17.5 Å². The third kappa shape index (κ3) is 5.81. The van der Waals surface area contributed by atoms with Gasteiger partial charge in [0.2, 0.25) is 10.0 Å². The number of carbonyl (C=O) groups is 2. The predicted molar refractivity (Wildman–Crippen MR) is 76.9 cm³/mol. The Kier molecular flexibility index (Phi) is 6.32. The summed E-state index contributed by atoms with van der Waals surface area (Å²) in [5.74, 6) is -2.25. The molecule has 1 amide bonds. The molecular formula is C13H15F3N2O5S. The van der Waals surface area contributed by atoms with E-state index in [4.69, 9.17) is 5.11 Å². The second-order valence-corrected chi connectivity index (χ2v) is 6.84. The first kappa shape index (κ1) is 19.9. The maximum Gasteiger partial charge on any atom is 0.405 e. The van der Waals surface area contributed by atoms with Gasteiger partial charge in [-0.05, 0) is 18.2 Å². The molecule has 0 spiro atoms. The summed E-state index contributed by atoms with van der Waals surface area (Å²) in [6.45, 7) is -1.83. The number of carboxylic acid groups (broad SMARTS) is 1. The van der Waals surface area contributed by atoms with Crippen LogP contribution in [0.2, 0.25) is 0 Å². The van der Waals surface area contributed by atoms with Crippen LogP contribution in [0, 0.1) is 0 Å². The number of carboxylic acids is 1. The molecule has 0 unspecified atom stereocenters. The number of nitrogens with one attached hydrogen (secondary N) is 1. The van der Waals surface area contributed by atoms with Gasteiger partial charge in [-0.25, -0.2) is 12.7 Å². The number of benzene rings is 1. The van der Waals surface area contributed by atoms with Crippen molar-refractivity contribution in [1.82, 2.24) is 9.62 Å². The van der Waals surface area contributed by atoms with Crippen LogP contribution in [0.5, 0.6) is 0 Å². The molecule has 0 aliphatic rings. The number of sulfonamides is 1. The predicted octanol–water partition coefficient (Wildman–Crippen LogP) is 1.07. The molecule has 2 N–H and O–H groups in total. The highest BCUT2D eigenvalue weighted by Gasteiger charge is 2.28. The molecule has 1 rings (SSSR count). The standard InChI is InChI=1S/C13H15F3N2O5S/c1-18(6-5-11(19)20)24(22,23)10-4-2-3-9(7-10)12(21)17-8-13(14,15)16/h2-4,7H,5-6,8H2,1H3,(H,17,21)(H,19,20). The van der Waals surface area contributed by atoms with E-state index in [0.29, 0.717) is 0 Å². The molecule has 0 aromatic heterocycles. The normalized spacial score (nSPS) is 12.2. The van der Waals surface area contributed by atoms with Crippen LogP contribution in [0.1, 0.15) is 16.8 Å². The van der Waals surface area contributed by atoms with Crippen LogP contribution in [-0.2, 0) is 14.8 Å². The van der Waals surface area contributed by atoms with Gasteiger partial charge >= 0.3 is 12.1 Å². The van der Waals surface area contributed by atoms with Crippen molar-refractivity contribution in [3.63, 3.8) is 0 Å². The van der Waals surface area contributed by atoms with E-state index >= 15 is 0 Å². The van der Waals surface area contributed by atoms with E-state index in [2.05, 4.69) is 0 Å². The van der Waals surface area contributed by atoms with E-state index in [1.54, 1.807) is 5.32 Å². The van der Waals surface area contributed by atoms with Crippen LogP contribution in [-0.4, -0.2) is 56.0 Å². The summed E-state index contributed by atoms with van der Waals surface area (Å²) in [5, 5.41) is 10.2. The van der Waals surface area contributed by atoms with Crippen molar-refractivity contribution in [1.29, 1.82) is 0 Å². The Morgan fingerprint density at radius 2 is 1.92 bits per heavy atom. The third-order valence-corrected chi connectivity index (χ3v) is 4.75. The van der Waals surface area contributed by atoms with E-state index in [9.17, 15) is 31.2 Å². The highest BCUT2D eigenvalue weighted by molar-refractivity contribution is 7.89. The lowest BCUT2D eigenvalue weighted by atomic mass is 10.2. The van der Waals surface area contributed by atoms with Gasteiger partial charge in [0.25, 0.3) is 5.91 Å². The summed E-state index contributed by atoms with van der Waals surface area (Å²) in [5.41, 5.74) is -0.257. The topological polar surface area (TPSA) is 104 Å². The highest BCUT2D eigenvalue weighted by Crippen LogP contribution is 2.17. The molecule has 0 saturated heterocycles.